The molecule has 0 saturated carbocycles. The zero-order valence-electron chi connectivity index (χ0n) is 18.6. The largest absolute Gasteiger partial charge is 0.417 e. The van der Waals surface area contributed by atoms with E-state index in [1.807, 2.05) is 29.6 Å². The predicted octanol–water partition coefficient (Wildman–Crippen LogP) is 4.65. The van der Waals surface area contributed by atoms with Gasteiger partial charge in [-0.3, -0.25) is 9.59 Å². The first-order valence-corrected chi connectivity index (χ1v) is 11.9. The number of halogens is 4. The van der Waals surface area contributed by atoms with Gasteiger partial charge in [0.1, 0.15) is 5.82 Å². The Morgan fingerprint density at radius 1 is 0.914 bits per heavy atom. The van der Waals surface area contributed by atoms with Crippen molar-refractivity contribution < 1.29 is 27.2 Å². The van der Waals surface area contributed by atoms with E-state index < -0.39 is 29.0 Å². The third kappa shape index (κ3) is 6.07. The molecular formula is C25H23F4N3O2S. The Morgan fingerprint density at radius 3 is 2.23 bits per heavy atom. The second kappa shape index (κ2) is 10.6. The first kappa shape index (κ1) is 24.9. The maximum atomic E-state index is 13.6. The molecule has 4 rings (SSSR count). The number of thiophene rings is 1. The molecule has 0 radical (unpaired) electrons. The van der Waals surface area contributed by atoms with Crippen LogP contribution in [0.2, 0.25) is 0 Å². The summed E-state index contributed by atoms with van der Waals surface area (Å²) < 4.78 is 53.3. The van der Waals surface area contributed by atoms with Crippen molar-refractivity contribution in [2.75, 3.05) is 32.7 Å². The van der Waals surface area contributed by atoms with Crippen LogP contribution in [0.5, 0.6) is 0 Å². The lowest BCUT2D eigenvalue weighted by Gasteiger charge is -2.35. The molecule has 0 unspecified atom stereocenters. The van der Waals surface area contributed by atoms with Crippen molar-refractivity contribution >= 4 is 23.2 Å². The van der Waals surface area contributed by atoms with Crippen LogP contribution in [0, 0.1) is 5.82 Å². The van der Waals surface area contributed by atoms with Gasteiger partial charge < -0.3 is 15.1 Å². The SMILES string of the molecule is O=C(CNCc1ccc(-c2ccsc2)cc1)N1CCN(C(=O)c2cc(F)ccc2C(F)(F)F)CC1. The van der Waals surface area contributed by atoms with Crippen LogP contribution in [0.25, 0.3) is 11.1 Å². The fourth-order valence-corrected chi connectivity index (χ4v) is 4.60. The Morgan fingerprint density at radius 2 is 1.60 bits per heavy atom. The number of hydrogen-bond acceptors (Lipinski definition) is 4. The predicted molar refractivity (Wildman–Crippen MR) is 125 cm³/mol. The van der Waals surface area contributed by atoms with Gasteiger partial charge in [-0.25, -0.2) is 4.39 Å². The van der Waals surface area contributed by atoms with Gasteiger partial charge >= 0.3 is 6.18 Å². The van der Waals surface area contributed by atoms with Crippen LogP contribution in [-0.2, 0) is 17.5 Å². The second-order valence-corrected chi connectivity index (χ2v) is 8.95. The minimum atomic E-state index is -4.77. The van der Waals surface area contributed by atoms with Gasteiger partial charge in [0.15, 0.2) is 0 Å². The van der Waals surface area contributed by atoms with Crippen LogP contribution in [0.15, 0.2) is 59.3 Å². The minimum absolute atomic E-state index is 0.0719. The van der Waals surface area contributed by atoms with Crippen molar-refractivity contribution in [3.63, 3.8) is 0 Å². The van der Waals surface area contributed by atoms with Gasteiger partial charge in [-0.2, -0.15) is 24.5 Å². The van der Waals surface area contributed by atoms with Crippen LogP contribution in [-0.4, -0.2) is 54.3 Å². The lowest BCUT2D eigenvalue weighted by atomic mass is 10.0. The fourth-order valence-electron chi connectivity index (χ4n) is 3.94. The monoisotopic (exact) mass is 505 g/mol. The summed E-state index contributed by atoms with van der Waals surface area (Å²) in [6.07, 6.45) is -4.77. The highest BCUT2D eigenvalue weighted by molar-refractivity contribution is 7.08. The summed E-state index contributed by atoms with van der Waals surface area (Å²) in [4.78, 5) is 28.0. The van der Waals surface area contributed by atoms with E-state index in [1.165, 1.54) is 4.90 Å². The average molecular weight is 506 g/mol. The highest BCUT2D eigenvalue weighted by atomic mass is 32.1. The number of rotatable bonds is 6. The molecule has 2 heterocycles. The number of carbonyl (C=O) groups excluding carboxylic acids is 2. The zero-order valence-corrected chi connectivity index (χ0v) is 19.5. The van der Waals surface area contributed by atoms with Crippen molar-refractivity contribution in [3.05, 3.63) is 81.8 Å². The number of piperazine rings is 1. The topological polar surface area (TPSA) is 52.7 Å². The van der Waals surface area contributed by atoms with Crippen LogP contribution in [0.4, 0.5) is 17.6 Å². The lowest BCUT2D eigenvalue weighted by Crippen LogP contribution is -2.52. The van der Waals surface area contributed by atoms with Crippen LogP contribution < -0.4 is 5.32 Å². The molecule has 0 spiro atoms. The molecule has 0 atom stereocenters. The molecular weight excluding hydrogens is 482 g/mol. The van der Waals surface area contributed by atoms with E-state index >= 15 is 0 Å². The smallest absolute Gasteiger partial charge is 0.338 e. The van der Waals surface area contributed by atoms with Crippen molar-refractivity contribution in [2.24, 2.45) is 0 Å². The number of amides is 2. The molecule has 2 amide bonds. The first-order chi connectivity index (χ1) is 16.7. The molecule has 2 aromatic carbocycles. The van der Waals surface area contributed by atoms with E-state index in [9.17, 15) is 27.2 Å². The van der Waals surface area contributed by atoms with E-state index in [0.717, 1.165) is 16.7 Å². The summed E-state index contributed by atoms with van der Waals surface area (Å²) in [7, 11) is 0. The van der Waals surface area contributed by atoms with Gasteiger partial charge in [0.2, 0.25) is 5.91 Å². The molecule has 1 saturated heterocycles. The van der Waals surface area contributed by atoms with Crippen molar-refractivity contribution in [1.29, 1.82) is 0 Å². The Hall–Kier alpha value is -3.24. The highest BCUT2D eigenvalue weighted by Gasteiger charge is 2.37. The number of hydrogen-bond donors (Lipinski definition) is 1. The first-order valence-electron chi connectivity index (χ1n) is 11.0. The third-order valence-electron chi connectivity index (χ3n) is 5.85. The van der Waals surface area contributed by atoms with E-state index in [0.29, 0.717) is 24.7 Å². The molecule has 184 valence electrons. The number of benzene rings is 2. The van der Waals surface area contributed by atoms with Gasteiger partial charge in [0.25, 0.3) is 5.91 Å². The van der Waals surface area contributed by atoms with Gasteiger partial charge in [-0.15, -0.1) is 0 Å². The van der Waals surface area contributed by atoms with Crippen LogP contribution in [0.1, 0.15) is 21.5 Å². The maximum Gasteiger partial charge on any atom is 0.417 e. The minimum Gasteiger partial charge on any atom is -0.338 e. The average Bonchev–Trinajstić information content (AvgIpc) is 3.38. The van der Waals surface area contributed by atoms with Gasteiger partial charge in [0, 0.05) is 32.7 Å². The molecule has 35 heavy (non-hydrogen) atoms. The molecule has 1 fully saturated rings. The van der Waals surface area contributed by atoms with Crippen molar-refractivity contribution in [1.82, 2.24) is 15.1 Å². The Labute approximate surface area is 204 Å². The molecule has 1 aliphatic heterocycles. The summed E-state index contributed by atoms with van der Waals surface area (Å²) in [5.41, 5.74) is 1.43. The lowest BCUT2D eigenvalue weighted by molar-refractivity contribution is -0.138. The molecule has 3 aromatic rings. The fraction of sp³-hybridized carbons (Fsp3) is 0.280. The summed E-state index contributed by atoms with van der Waals surface area (Å²) in [6, 6.07) is 12.0. The Balaban J connectivity index is 1.26. The summed E-state index contributed by atoms with van der Waals surface area (Å²) in [6.45, 7) is 1.14. The summed E-state index contributed by atoms with van der Waals surface area (Å²) in [5.74, 6) is -1.97. The quantitative estimate of drug-likeness (QED) is 0.497. The normalized spacial score (nSPS) is 14.3. The number of carbonyl (C=O) groups is 2. The molecule has 1 aromatic heterocycles. The van der Waals surface area contributed by atoms with Gasteiger partial charge in [-0.1, -0.05) is 24.3 Å². The number of nitrogens with one attached hydrogen (secondary N) is 1. The van der Waals surface area contributed by atoms with Crippen molar-refractivity contribution in [3.8, 4) is 11.1 Å². The zero-order chi connectivity index (χ0) is 25.0. The summed E-state index contributed by atoms with van der Waals surface area (Å²) in [5, 5.41) is 7.20. The van der Waals surface area contributed by atoms with E-state index in [1.54, 1.807) is 16.2 Å². The molecule has 0 aliphatic carbocycles. The van der Waals surface area contributed by atoms with Gasteiger partial charge in [0.05, 0.1) is 17.7 Å². The van der Waals surface area contributed by atoms with E-state index in [-0.39, 0.29) is 38.6 Å². The highest BCUT2D eigenvalue weighted by Crippen LogP contribution is 2.33. The third-order valence-corrected chi connectivity index (χ3v) is 6.53. The number of alkyl halides is 3. The molecule has 0 bridgehead atoms. The summed E-state index contributed by atoms with van der Waals surface area (Å²) >= 11 is 1.64. The van der Waals surface area contributed by atoms with Crippen LogP contribution >= 0.6 is 11.3 Å². The Bertz CT molecular complexity index is 1170. The molecule has 10 heteroatoms. The number of nitrogens with zero attached hydrogens (tertiary/aromatic N) is 2. The second-order valence-electron chi connectivity index (χ2n) is 8.17. The van der Waals surface area contributed by atoms with E-state index in [4.69, 9.17) is 0 Å². The van der Waals surface area contributed by atoms with Crippen LogP contribution in [0.3, 0.4) is 0 Å². The van der Waals surface area contributed by atoms with E-state index in [2.05, 4.69) is 16.8 Å². The molecule has 1 N–H and O–H groups in total. The standard InChI is InChI=1S/C25H23F4N3O2S/c26-20-5-6-22(25(27,28)29)21(13-20)24(34)32-10-8-31(9-11-32)23(33)15-30-14-17-1-3-18(4-2-17)19-7-12-35-16-19/h1-7,12-13,16,30H,8-11,14-15H2. The molecule has 5 nitrogen and oxygen atoms in total. The maximum absolute atomic E-state index is 13.6. The Kier molecular flexibility index (Phi) is 7.51. The van der Waals surface area contributed by atoms with Crippen molar-refractivity contribution in [2.45, 2.75) is 12.7 Å². The molecule has 1 aliphatic rings. The van der Waals surface area contributed by atoms with Gasteiger partial charge in [-0.05, 0) is 51.7 Å².